The normalized spacial score (nSPS) is 11.5. The van der Waals surface area contributed by atoms with Crippen molar-refractivity contribution in [2.24, 2.45) is 0 Å². The highest BCUT2D eigenvalue weighted by atomic mass is 16.5. The summed E-state index contributed by atoms with van der Waals surface area (Å²) in [6.07, 6.45) is 2.42. The summed E-state index contributed by atoms with van der Waals surface area (Å²) in [5.41, 5.74) is 0.306. The Hall–Kier alpha value is -2.11. The van der Waals surface area contributed by atoms with Gasteiger partial charge in [-0.25, -0.2) is 9.78 Å². The van der Waals surface area contributed by atoms with E-state index in [1.54, 1.807) is 25.3 Å². The molecule has 0 fully saturated rings. The van der Waals surface area contributed by atoms with Crippen LogP contribution in [-0.2, 0) is 9.53 Å². The van der Waals surface area contributed by atoms with Crippen molar-refractivity contribution in [3.8, 4) is 0 Å². The predicted molar refractivity (Wildman–Crippen MR) is 72.0 cm³/mol. The summed E-state index contributed by atoms with van der Waals surface area (Å²) in [4.78, 5) is 27.4. The van der Waals surface area contributed by atoms with Crippen molar-refractivity contribution in [1.82, 2.24) is 10.3 Å². The third kappa shape index (κ3) is 4.24. The minimum absolute atomic E-state index is 0.136. The van der Waals surface area contributed by atoms with E-state index in [1.807, 2.05) is 6.92 Å². The first-order valence-corrected chi connectivity index (χ1v) is 6.17. The van der Waals surface area contributed by atoms with Crippen molar-refractivity contribution < 1.29 is 14.3 Å². The lowest BCUT2D eigenvalue weighted by molar-refractivity contribution is -0.121. The molecule has 19 heavy (non-hydrogen) atoms. The maximum absolute atomic E-state index is 11.7. The molecule has 0 aliphatic rings. The van der Waals surface area contributed by atoms with E-state index in [4.69, 9.17) is 0 Å². The van der Waals surface area contributed by atoms with E-state index in [9.17, 15) is 9.59 Å². The van der Waals surface area contributed by atoms with Crippen LogP contribution in [0.4, 0.5) is 5.82 Å². The second-order valence-electron chi connectivity index (χ2n) is 4.05. The van der Waals surface area contributed by atoms with Gasteiger partial charge in [0.1, 0.15) is 17.4 Å². The molecule has 0 spiro atoms. The van der Waals surface area contributed by atoms with Crippen molar-refractivity contribution in [2.75, 3.05) is 19.0 Å². The topological polar surface area (TPSA) is 80.3 Å². The Bertz CT molecular complexity index is 449. The molecule has 1 aromatic rings. The summed E-state index contributed by atoms with van der Waals surface area (Å²) >= 11 is 0. The van der Waals surface area contributed by atoms with Crippen molar-refractivity contribution in [3.63, 3.8) is 0 Å². The van der Waals surface area contributed by atoms with Crippen LogP contribution < -0.4 is 10.6 Å². The van der Waals surface area contributed by atoms with E-state index < -0.39 is 12.0 Å². The molecule has 0 saturated heterocycles. The summed E-state index contributed by atoms with van der Waals surface area (Å²) in [5, 5.41) is 5.68. The van der Waals surface area contributed by atoms with Crippen molar-refractivity contribution in [3.05, 3.63) is 23.9 Å². The van der Waals surface area contributed by atoms with Crippen LogP contribution in [0.25, 0.3) is 0 Å². The summed E-state index contributed by atoms with van der Waals surface area (Å²) in [5.74, 6) is -0.284. The summed E-state index contributed by atoms with van der Waals surface area (Å²) < 4.78 is 4.66. The van der Waals surface area contributed by atoms with Gasteiger partial charge in [0, 0.05) is 12.7 Å². The van der Waals surface area contributed by atoms with E-state index >= 15 is 0 Å². The number of ether oxygens (including phenoxy) is 1. The Morgan fingerprint density at radius 3 is 2.84 bits per heavy atom. The van der Waals surface area contributed by atoms with Crippen LogP contribution in [0.3, 0.4) is 0 Å². The molecule has 1 heterocycles. The Balaban J connectivity index is 2.76. The van der Waals surface area contributed by atoms with E-state index in [0.29, 0.717) is 17.9 Å². The van der Waals surface area contributed by atoms with E-state index in [2.05, 4.69) is 20.4 Å². The fourth-order valence-electron chi connectivity index (χ4n) is 1.47. The average Bonchev–Trinajstić information content (AvgIpc) is 2.44. The maximum atomic E-state index is 11.7. The standard InChI is InChI=1S/C13H19N3O3/c1-4-7-15-12(17)9(2)16-11-10(13(18)19-3)6-5-8-14-11/h5-6,8-9H,4,7H2,1-3H3,(H,14,16)(H,15,17). The van der Waals surface area contributed by atoms with Gasteiger partial charge in [0.05, 0.1) is 7.11 Å². The van der Waals surface area contributed by atoms with E-state index in [0.717, 1.165) is 6.42 Å². The predicted octanol–water partition coefficient (Wildman–Crippen LogP) is 1.19. The number of esters is 1. The third-order valence-corrected chi connectivity index (χ3v) is 2.51. The zero-order valence-electron chi connectivity index (χ0n) is 11.4. The molecule has 1 amide bonds. The molecule has 0 saturated carbocycles. The van der Waals surface area contributed by atoms with Crippen LogP contribution >= 0.6 is 0 Å². The molecule has 104 valence electrons. The van der Waals surface area contributed by atoms with Crippen molar-refractivity contribution >= 4 is 17.7 Å². The zero-order chi connectivity index (χ0) is 14.3. The second-order valence-corrected chi connectivity index (χ2v) is 4.05. The molecule has 2 N–H and O–H groups in total. The van der Waals surface area contributed by atoms with Gasteiger partial charge in [-0.15, -0.1) is 0 Å². The fraction of sp³-hybridized carbons (Fsp3) is 0.462. The SMILES string of the molecule is CCCNC(=O)C(C)Nc1ncccc1C(=O)OC. The number of hydrogen-bond acceptors (Lipinski definition) is 5. The highest BCUT2D eigenvalue weighted by molar-refractivity contribution is 5.95. The average molecular weight is 265 g/mol. The van der Waals surface area contributed by atoms with Crippen LogP contribution in [0, 0.1) is 0 Å². The minimum Gasteiger partial charge on any atom is -0.465 e. The van der Waals surface area contributed by atoms with Gasteiger partial charge >= 0.3 is 5.97 Å². The maximum Gasteiger partial charge on any atom is 0.341 e. The largest absolute Gasteiger partial charge is 0.465 e. The first kappa shape index (κ1) is 14.9. The summed E-state index contributed by atoms with van der Waals surface area (Å²) in [6.45, 7) is 4.31. The molecule has 1 unspecified atom stereocenters. The molecule has 0 bridgehead atoms. The molecule has 0 radical (unpaired) electrons. The van der Waals surface area contributed by atoms with Gasteiger partial charge in [-0.3, -0.25) is 4.79 Å². The molecule has 0 aliphatic heterocycles. The highest BCUT2D eigenvalue weighted by Crippen LogP contribution is 2.13. The zero-order valence-corrected chi connectivity index (χ0v) is 11.4. The molecule has 0 aliphatic carbocycles. The number of nitrogens with one attached hydrogen (secondary N) is 2. The quantitative estimate of drug-likeness (QED) is 0.755. The van der Waals surface area contributed by atoms with E-state index in [1.165, 1.54) is 7.11 Å². The second kappa shape index (κ2) is 7.35. The number of aromatic nitrogens is 1. The van der Waals surface area contributed by atoms with Crippen LogP contribution in [0.5, 0.6) is 0 Å². The molecular formula is C13H19N3O3. The molecular weight excluding hydrogens is 246 g/mol. The highest BCUT2D eigenvalue weighted by Gasteiger charge is 2.17. The minimum atomic E-state index is -0.489. The van der Waals surface area contributed by atoms with Crippen molar-refractivity contribution in [2.45, 2.75) is 26.3 Å². The Morgan fingerprint density at radius 2 is 2.21 bits per heavy atom. The van der Waals surface area contributed by atoms with Crippen LogP contribution in [0.1, 0.15) is 30.6 Å². The lowest BCUT2D eigenvalue weighted by Crippen LogP contribution is -2.38. The van der Waals surface area contributed by atoms with Gasteiger partial charge in [0.2, 0.25) is 5.91 Å². The molecule has 0 aromatic carbocycles. The molecule has 1 rings (SSSR count). The summed E-state index contributed by atoms with van der Waals surface area (Å²) in [6, 6.07) is 2.75. The number of carbonyl (C=O) groups is 2. The number of methoxy groups -OCH3 is 1. The first-order chi connectivity index (χ1) is 9.10. The van der Waals surface area contributed by atoms with Gasteiger partial charge in [-0.05, 0) is 25.5 Å². The lowest BCUT2D eigenvalue weighted by Gasteiger charge is -2.15. The number of rotatable bonds is 6. The van der Waals surface area contributed by atoms with Gasteiger partial charge in [-0.1, -0.05) is 6.92 Å². The van der Waals surface area contributed by atoms with Crippen molar-refractivity contribution in [1.29, 1.82) is 0 Å². The number of amides is 1. The number of hydrogen-bond donors (Lipinski definition) is 2. The molecule has 1 aromatic heterocycles. The Kier molecular flexibility index (Phi) is 5.78. The number of carbonyl (C=O) groups excluding carboxylic acids is 2. The van der Waals surface area contributed by atoms with Gasteiger partial charge in [0.15, 0.2) is 0 Å². The van der Waals surface area contributed by atoms with Gasteiger partial charge in [0.25, 0.3) is 0 Å². The monoisotopic (exact) mass is 265 g/mol. The van der Waals surface area contributed by atoms with Crippen LogP contribution in [-0.4, -0.2) is 36.6 Å². The third-order valence-electron chi connectivity index (χ3n) is 2.51. The Labute approximate surface area is 112 Å². The van der Waals surface area contributed by atoms with Gasteiger partial charge in [-0.2, -0.15) is 0 Å². The molecule has 6 nitrogen and oxygen atoms in total. The number of pyridine rings is 1. The van der Waals surface area contributed by atoms with Crippen LogP contribution in [0.15, 0.2) is 18.3 Å². The van der Waals surface area contributed by atoms with Crippen LogP contribution in [0.2, 0.25) is 0 Å². The fourth-order valence-corrected chi connectivity index (χ4v) is 1.47. The molecule has 1 atom stereocenters. The Morgan fingerprint density at radius 1 is 1.47 bits per heavy atom. The number of anilines is 1. The molecule has 6 heteroatoms. The first-order valence-electron chi connectivity index (χ1n) is 6.17. The smallest absolute Gasteiger partial charge is 0.341 e. The lowest BCUT2D eigenvalue weighted by atomic mass is 10.2. The van der Waals surface area contributed by atoms with E-state index in [-0.39, 0.29) is 5.91 Å². The van der Waals surface area contributed by atoms with Gasteiger partial charge < -0.3 is 15.4 Å². The summed E-state index contributed by atoms with van der Waals surface area (Å²) in [7, 11) is 1.30. The number of nitrogens with zero attached hydrogens (tertiary/aromatic N) is 1.